The summed E-state index contributed by atoms with van der Waals surface area (Å²) in [5, 5.41) is 13.1. The first-order chi connectivity index (χ1) is 17.7. The number of hydrogen-bond donors (Lipinski definition) is 1. The minimum atomic E-state index is -4.65. The largest absolute Gasteiger partial charge is 0.437 e. The van der Waals surface area contributed by atoms with Gasteiger partial charge in [0.15, 0.2) is 6.10 Å². The summed E-state index contributed by atoms with van der Waals surface area (Å²) >= 11 is 0. The maximum Gasteiger partial charge on any atom is 0.425 e. The average molecular weight is 507 g/mol. The number of benzene rings is 2. The number of aromatic nitrogens is 3. The lowest BCUT2D eigenvalue weighted by Crippen LogP contribution is -2.32. The number of rotatable bonds is 6. The van der Waals surface area contributed by atoms with Crippen molar-refractivity contribution in [2.24, 2.45) is 0 Å². The van der Waals surface area contributed by atoms with Crippen LogP contribution in [0.4, 0.5) is 23.7 Å². The molecule has 11 heteroatoms. The van der Waals surface area contributed by atoms with Crippen LogP contribution in [0.1, 0.15) is 31.4 Å². The van der Waals surface area contributed by atoms with Crippen LogP contribution in [0.25, 0.3) is 22.2 Å². The zero-order valence-corrected chi connectivity index (χ0v) is 19.5. The quantitative estimate of drug-likeness (QED) is 0.316. The van der Waals surface area contributed by atoms with Crippen LogP contribution in [0.15, 0.2) is 60.9 Å². The maximum absolute atomic E-state index is 12.6. The molecule has 2 aromatic heterocycles. The van der Waals surface area contributed by atoms with Crippen molar-refractivity contribution in [2.75, 3.05) is 5.32 Å². The van der Waals surface area contributed by atoms with Crippen LogP contribution in [0.2, 0.25) is 0 Å². The van der Waals surface area contributed by atoms with E-state index in [2.05, 4.69) is 30.7 Å². The Morgan fingerprint density at radius 2 is 1.86 bits per heavy atom. The van der Waals surface area contributed by atoms with Gasteiger partial charge in [0.25, 0.3) is 0 Å². The van der Waals surface area contributed by atoms with Crippen molar-refractivity contribution in [2.45, 2.75) is 38.1 Å². The van der Waals surface area contributed by atoms with Crippen LogP contribution >= 0.6 is 0 Å². The highest BCUT2D eigenvalue weighted by Crippen LogP contribution is 2.45. The molecule has 8 nitrogen and oxygen atoms in total. The first-order valence-corrected chi connectivity index (χ1v) is 11.4. The molecule has 1 amide bonds. The summed E-state index contributed by atoms with van der Waals surface area (Å²) in [6, 6.07) is 16.3. The zero-order valence-electron chi connectivity index (χ0n) is 19.5. The third-order valence-corrected chi connectivity index (χ3v) is 5.90. The SMILES string of the molecule is C[C@@H](OC(=O)Nc1ccc(-c2c(C#N)c3ccc(Oc4ncccn4)cc3n2C2CC2)cc1)C(F)(F)F. The zero-order chi connectivity index (χ0) is 26.2. The predicted octanol–water partition coefficient (Wildman–Crippen LogP) is 6.60. The standard InChI is InChI=1S/C26H20F3N5O3/c1-15(26(27,28)29)36-25(35)33-17-5-3-16(4-6-17)23-21(14-30)20-10-9-19(37-24-31-11-2-12-32-24)13-22(20)34(23)18-7-8-18/h2-6,9-13,15,18H,7-8H2,1H3,(H,33,35)/t15-/m1/s1. The van der Waals surface area contributed by atoms with Crippen LogP contribution in [-0.4, -0.2) is 32.9 Å². The van der Waals surface area contributed by atoms with Crippen LogP contribution < -0.4 is 10.1 Å². The Kier molecular flexibility index (Phi) is 6.17. The van der Waals surface area contributed by atoms with Crippen molar-refractivity contribution in [3.63, 3.8) is 0 Å². The number of carbonyl (C=O) groups is 1. The molecule has 37 heavy (non-hydrogen) atoms. The second-order valence-corrected chi connectivity index (χ2v) is 8.54. The van der Waals surface area contributed by atoms with Gasteiger partial charge < -0.3 is 14.0 Å². The molecule has 0 bridgehead atoms. The summed E-state index contributed by atoms with van der Waals surface area (Å²) in [6.07, 6.45) is -3.03. The number of hydrogen-bond acceptors (Lipinski definition) is 6. The number of nitrogens with one attached hydrogen (secondary N) is 1. The molecule has 1 atom stereocenters. The van der Waals surface area contributed by atoms with Gasteiger partial charge in [-0.2, -0.15) is 18.4 Å². The lowest BCUT2D eigenvalue weighted by atomic mass is 10.1. The third-order valence-electron chi connectivity index (χ3n) is 5.90. The molecule has 2 aromatic carbocycles. The average Bonchev–Trinajstić information content (AvgIpc) is 3.65. The molecule has 0 radical (unpaired) electrons. The lowest BCUT2D eigenvalue weighted by molar-refractivity contribution is -0.196. The summed E-state index contributed by atoms with van der Waals surface area (Å²) in [5.74, 6) is 0.528. The van der Waals surface area contributed by atoms with Crippen molar-refractivity contribution in [3.05, 3.63) is 66.5 Å². The molecule has 1 fully saturated rings. The van der Waals surface area contributed by atoms with Gasteiger partial charge in [-0.3, -0.25) is 5.32 Å². The van der Waals surface area contributed by atoms with E-state index in [0.717, 1.165) is 36.2 Å². The van der Waals surface area contributed by atoms with Gasteiger partial charge in [-0.25, -0.2) is 14.8 Å². The van der Waals surface area contributed by atoms with Crippen LogP contribution in [-0.2, 0) is 4.74 Å². The number of halogens is 3. The van der Waals surface area contributed by atoms with E-state index in [1.54, 1.807) is 48.8 Å². The highest BCUT2D eigenvalue weighted by molar-refractivity contribution is 5.96. The fourth-order valence-electron chi connectivity index (χ4n) is 3.99. The molecule has 1 saturated carbocycles. The number of fused-ring (bicyclic) bond motifs is 1. The van der Waals surface area contributed by atoms with Crippen LogP contribution in [0, 0.1) is 11.3 Å². The van der Waals surface area contributed by atoms with Crippen molar-refractivity contribution in [1.82, 2.24) is 14.5 Å². The number of nitrogens with zero attached hydrogens (tertiary/aromatic N) is 4. The number of alkyl halides is 3. The van der Waals surface area contributed by atoms with E-state index in [-0.39, 0.29) is 17.7 Å². The fourth-order valence-corrected chi connectivity index (χ4v) is 3.99. The van der Waals surface area contributed by atoms with Crippen LogP contribution in [0.3, 0.4) is 0 Å². The Bertz CT molecular complexity index is 1490. The predicted molar refractivity (Wildman–Crippen MR) is 128 cm³/mol. The molecule has 0 unspecified atom stereocenters. The molecule has 1 aliphatic carbocycles. The molecule has 2 heterocycles. The molecule has 1 N–H and O–H groups in total. The number of anilines is 1. The Hall–Kier alpha value is -4.59. The minimum Gasteiger partial charge on any atom is -0.437 e. The molecular formula is C26H20F3N5O3. The fraction of sp³-hybridized carbons (Fsp3) is 0.231. The molecule has 0 spiro atoms. The van der Waals surface area contributed by atoms with E-state index in [9.17, 15) is 23.2 Å². The Morgan fingerprint density at radius 1 is 1.16 bits per heavy atom. The van der Waals surface area contributed by atoms with E-state index in [0.29, 0.717) is 17.0 Å². The van der Waals surface area contributed by atoms with Gasteiger partial charge in [0, 0.05) is 35.6 Å². The van der Waals surface area contributed by atoms with E-state index < -0.39 is 18.4 Å². The smallest absolute Gasteiger partial charge is 0.425 e. The van der Waals surface area contributed by atoms with Crippen molar-refractivity contribution >= 4 is 22.7 Å². The first kappa shape index (κ1) is 24.1. The first-order valence-electron chi connectivity index (χ1n) is 11.4. The highest BCUT2D eigenvalue weighted by atomic mass is 19.4. The molecular weight excluding hydrogens is 487 g/mol. The van der Waals surface area contributed by atoms with Gasteiger partial charge in [0.2, 0.25) is 0 Å². The lowest BCUT2D eigenvalue weighted by Gasteiger charge is -2.16. The van der Waals surface area contributed by atoms with Crippen LogP contribution in [0.5, 0.6) is 11.8 Å². The maximum atomic E-state index is 12.6. The second kappa shape index (κ2) is 9.46. The van der Waals surface area contributed by atoms with Gasteiger partial charge >= 0.3 is 18.3 Å². The number of ether oxygens (including phenoxy) is 2. The number of amides is 1. The van der Waals surface area contributed by atoms with Gasteiger partial charge in [-0.1, -0.05) is 12.1 Å². The molecule has 0 saturated heterocycles. The van der Waals surface area contributed by atoms with Gasteiger partial charge in [0.1, 0.15) is 11.8 Å². The molecule has 1 aliphatic rings. The normalized spacial score (nSPS) is 14.1. The van der Waals surface area contributed by atoms with Crippen molar-refractivity contribution in [3.8, 4) is 29.1 Å². The summed E-state index contributed by atoms with van der Waals surface area (Å²) in [4.78, 5) is 20.0. The van der Waals surface area contributed by atoms with Gasteiger partial charge in [-0.15, -0.1) is 0 Å². The summed E-state index contributed by atoms with van der Waals surface area (Å²) in [5.41, 5.74) is 3.01. The number of carbonyl (C=O) groups excluding carboxylic acids is 1. The Balaban J connectivity index is 1.46. The second-order valence-electron chi connectivity index (χ2n) is 8.54. The molecule has 188 valence electrons. The van der Waals surface area contributed by atoms with Crippen molar-refractivity contribution in [1.29, 1.82) is 5.26 Å². The Morgan fingerprint density at radius 3 is 2.49 bits per heavy atom. The highest BCUT2D eigenvalue weighted by Gasteiger charge is 2.39. The molecule has 5 rings (SSSR count). The van der Waals surface area contributed by atoms with E-state index in [1.165, 1.54) is 0 Å². The van der Waals surface area contributed by atoms with Gasteiger partial charge in [0.05, 0.1) is 16.8 Å². The Labute approximate surface area is 209 Å². The monoisotopic (exact) mass is 507 g/mol. The number of nitriles is 1. The third kappa shape index (κ3) is 5.04. The topological polar surface area (TPSA) is 102 Å². The minimum absolute atomic E-state index is 0.207. The molecule has 0 aliphatic heterocycles. The van der Waals surface area contributed by atoms with Crippen molar-refractivity contribution < 1.29 is 27.4 Å². The molecule has 4 aromatic rings. The summed E-state index contributed by atoms with van der Waals surface area (Å²) in [6.45, 7) is 0.756. The van der Waals surface area contributed by atoms with Gasteiger partial charge in [-0.05, 0) is 55.7 Å². The van der Waals surface area contributed by atoms with E-state index >= 15 is 0 Å². The summed E-state index contributed by atoms with van der Waals surface area (Å²) in [7, 11) is 0. The van der Waals surface area contributed by atoms with E-state index in [1.807, 2.05) is 12.1 Å². The summed E-state index contributed by atoms with van der Waals surface area (Å²) < 4.78 is 50.2. The van der Waals surface area contributed by atoms with E-state index in [4.69, 9.17) is 4.74 Å².